The van der Waals surface area contributed by atoms with Gasteiger partial charge >= 0.3 is 0 Å². The van der Waals surface area contributed by atoms with E-state index in [1.165, 1.54) is 12.3 Å². The molecule has 2 aromatic heterocycles. The summed E-state index contributed by atoms with van der Waals surface area (Å²) in [6.07, 6.45) is 1.47. The van der Waals surface area contributed by atoms with Gasteiger partial charge in [-0.1, -0.05) is 5.16 Å². The second kappa shape index (κ2) is 4.65. The van der Waals surface area contributed by atoms with Crippen molar-refractivity contribution in [2.75, 3.05) is 0 Å². The van der Waals surface area contributed by atoms with Gasteiger partial charge in [0.05, 0.1) is 12.2 Å². The van der Waals surface area contributed by atoms with E-state index in [1.54, 1.807) is 19.1 Å². The molecule has 0 fully saturated rings. The predicted octanol–water partition coefficient (Wildman–Crippen LogP) is 0.601. The molecule has 6 nitrogen and oxygen atoms in total. The van der Waals surface area contributed by atoms with Crippen molar-refractivity contribution in [1.82, 2.24) is 15.5 Å². The van der Waals surface area contributed by atoms with Crippen molar-refractivity contribution < 1.29 is 9.32 Å². The average molecular weight is 233 g/mol. The summed E-state index contributed by atoms with van der Waals surface area (Å²) in [6.45, 7) is 1.99. The Kier molecular flexibility index (Phi) is 3.04. The van der Waals surface area contributed by atoms with E-state index in [0.717, 1.165) is 5.69 Å². The Morgan fingerprint density at radius 1 is 1.59 bits per heavy atom. The van der Waals surface area contributed by atoms with Crippen LogP contribution in [-0.4, -0.2) is 16.0 Å². The van der Waals surface area contributed by atoms with Crippen LogP contribution in [0.3, 0.4) is 0 Å². The Morgan fingerprint density at radius 3 is 3.06 bits per heavy atom. The predicted molar refractivity (Wildman–Crippen MR) is 59.5 cm³/mol. The molecule has 0 bridgehead atoms. The fourth-order valence-electron chi connectivity index (χ4n) is 1.36. The minimum atomic E-state index is -0.444. The molecule has 0 aliphatic rings. The molecule has 1 amide bonds. The van der Waals surface area contributed by atoms with Gasteiger partial charge in [0.1, 0.15) is 5.56 Å². The molecular formula is C11H11N3O3. The van der Waals surface area contributed by atoms with E-state index in [-0.39, 0.29) is 12.1 Å². The monoisotopic (exact) mass is 233 g/mol. The van der Waals surface area contributed by atoms with Gasteiger partial charge in [-0.05, 0) is 19.1 Å². The van der Waals surface area contributed by atoms with Crippen LogP contribution in [0.2, 0.25) is 0 Å². The lowest BCUT2D eigenvalue weighted by Gasteiger charge is -2.01. The molecule has 0 saturated carbocycles. The van der Waals surface area contributed by atoms with Crippen molar-refractivity contribution in [1.29, 1.82) is 0 Å². The number of pyridine rings is 1. The lowest BCUT2D eigenvalue weighted by molar-refractivity contribution is 0.0945. The molecule has 2 N–H and O–H groups in total. The van der Waals surface area contributed by atoms with Crippen LogP contribution in [0.15, 0.2) is 33.7 Å². The standard InChI is InChI=1S/C11H11N3O3/c1-7-5-8(17-14-7)6-13-11(16)9-3-2-4-12-10(9)15/h2-5H,6H2,1H3,(H,12,15)(H,13,16). The van der Waals surface area contributed by atoms with E-state index < -0.39 is 11.5 Å². The summed E-state index contributed by atoms with van der Waals surface area (Å²) in [7, 11) is 0. The SMILES string of the molecule is Cc1cc(CNC(=O)c2ccc[nH]c2=O)on1. The normalized spacial score (nSPS) is 10.2. The number of nitrogens with zero attached hydrogens (tertiary/aromatic N) is 1. The van der Waals surface area contributed by atoms with Crippen LogP contribution in [0.25, 0.3) is 0 Å². The van der Waals surface area contributed by atoms with Crippen LogP contribution in [0.1, 0.15) is 21.8 Å². The number of carbonyl (C=O) groups excluding carboxylic acids is 1. The van der Waals surface area contributed by atoms with Crippen molar-refractivity contribution >= 4 is 5.91 Å². The zero-order valence-corrected chi connectivity index (χ0v) is 9.19. The summed E-state index contributed by atoms with van der Waals surface area (Å²) < 4.78 is 4.93. The number of rotatable bonds is 3. The highest BCUT2D eigenvalue weighted by molar-refractivity contribution is 5.93. The van der Waals surface area contributed by atoms with Crippen molar-refractivity contribution in [2.45, 2.75) is 13.5 Å². The zero-order valence-electron chi connectivity index (χ0n) is 9.19. The second-order valence-electron chi connectivity index (χ2n) is 3.53. The minimum Gasteiger partial charge on any atom is -0.359 e. The van der Waals surface area contributed by atoms with Gasteiger partial charge in [-0.15, -0.1) is 0 Å². The molecule has 0 atom stereocenters. The Bertz CT molecular complexity index is 585. The molecule has 0 radical (unpaired) electrons. The molecular weight excluding hydrogens is 222 g/mol. The maximum atomic E-state index is 11.7. The van der Waals surface area contributed by atoms with Crippen molar-refractivity contribution in [2.24, 2.45) is 0 Å². The maximum Gasteiger partial charge on any atom is 0.260 e. The second-order valence-corrected chi connectivity index (χ2v) is 3.53. The van der Waals surface area contributed by atoms with Gasteiger partial charge in [-0.2, -0.15) is 0 Å². The van der Waals surface area contributed by atoms with Gasteiger partial charge in [-0.3, -0.25) is 9.59 Å². The molecule has 0 unspecified atom stereocenters. The molecule has 2 aromatic rings. The van der Waals surface area contributed by atoms with Crippen LogP contribution in [0.5, 0.6) is 0 Å². The molecule has 0 spiro atoms. The minimum absolute atomic E-state index is 0.0729. The van der Waals surface area contributed by atoms with E-state index >= 15 is 0 Å². The quantitative estimate of drug-likeness (QED) is 0.812. The Morgan fingerprint density at radius 2 is 2.41 bits per heavy atom. The highest BCUT2D eigenvalue weighted by atomic mass is 16.5. The van der Waals surface area contributed by atoms with Crippen LogP contribution < -0.4 is 10.9 Å². The first kappa shape index (κ1) is 11.1. The van der Waals surface area contributed by atoms with Crippen LogP contribution in [-0.2, 0) is 6.54 Å². The van der Waals surface area contributed by atoms with Gasteiger partial charge in [-0.25, -0.2) is 0 Å². The highest BCUT2D eigenvalue weighted by Gasteiger charge is 2.10. The molecule has 2 rings (SSSR count). The van der Waals surface area contributed by atoms with Crippen molar-refractivity contribution in [3.63, 3.8) is 0 Å². The van der Waals surface area contributed by atoms with Crippen molar-refractivity contribution in [3.8, 4) is 0 Å². The Balaban J connectivity index is 2.03. The fraction of sp³-hybridized carbons (Fsp3) is 0.182. The summed E-state index contributed by atoms with van der Waals surface area (Å²) in [5.41, 5.74) is 0.397. The number of H-pyrrole nitrogens is 1. The Labute approximate surface area is 96.6 Å². The maximum absolute atomic E-state index is 11.7. The third-order valence-corrected chi connectivity index (χ3v) is 2.16. The van der Waals surface area contributed by atoms with E-state index in [2.05, 4.69) is 15.5 Å². The summed E-state index contributed by atoms with van der Waals surface area (Å²) in [4.78, 5) is 25.4. The molecule has 17 heavy (non-hydrogen) atoms. The van der Waals surface area contributed by atoms with E-state index in [9.17, 15) is 9.59 Å². The number of hydrogen-bond donors (Lipinski definition) is 2. The van der Waals surface area contributed by atoms with Crippen LogP contribution >= 0.6 is 0 Å². The van der Waals surface area contributed by atoms with E-state index in [0.29, 0.717) is 5.76 Å². The van der Waals surface area contributed by atoms with Gasteiger partial charge in [0.2, 0.25) is 0 Å². The molecule has 6 heteroatoms. The number of aryl methyl sites for hydroxylation is 1. The summed E-state index contributed by atoms with van der Waals surface area (Å²) in [5, 5.41) is 6.27. The molecule has 88 valence electrons. The molecule has 0 aromatic carbocycles. The molecule has 0 aliphatic heterocycles. The number of carbonyl (C=O) groups is 1. The summed E-state index contributed by atoms with van der Waals surface area (Å²) in [6, 6.07) is 4.77. The first-order valence-electron chi connectivity index (χ1n) is 5.05. The fourth-order valence-corrected chi connectivity index (χ4v) is 1.36. The van der Waals surface area contributed by atoms with Gasteiger partial charge in [0.15, 0.2) is 5.76 Å². The molecule has 2 heterocycles. The largest absolute Gasteiger partial charge is 0.359 e. The summed E-state index contributed by atoms with van der Waals surface area (Å²) >= 11 is 0. The molecule has 0 saturated heterocycles. The van der Waals surface area contributed by atoms with E-state index in [1.807, 2.05) is 0 Å². The third kappa shape index (κ3) is 2.60. The van der Waals surface area contributed by atoms with Crippen molar-refractivity contribution in [3.05, 3.63) is 51.8 Å². The lowest BCUT2D eigenvalue weighted by Crippen LogP contribution is -2.28. The average Bonchev–Trinajstić information content (AvgIpc) is 2.73. The smallest absolute Gasteiger partial charge is 0.260 e. The van der Waals surface area contributed by atoms with E-state index in [4.69, 9.17) is 4.52 Å². The Hall–Kier alpha value is -2.37. The van der Waals surface area contributed by atoms with Gasteiger partial charge in [0, 0.05) is 12.3 Å². The summed E-state index contributed by atoms with van der Waals surface area (Å²) in [5.74, 6) is 0.101. The topological polar surface area (TPSA) is 88.0 Å². The van der Waals surface area contributed by atoms with Gasteiger partial charge < -0.3 is 14.8 Å². The molecule has 0 aliphatic carbocycles. The number of aromatic nitrogens is 2. The first-order chi connectivity index (χ1) is 8.16. The zero-order chi connectivity index (χ0) is 12.3. The number of nitrogens with one attached hydrogen (secondary N) is 2. The lowest BCUT2D eigenvalue weighted by atomic mass is 10.2. The number of amides is 1. The van der Waals surface area contributed by atoms with Gasteiger partial charge in [0.25, 0.3) is 11.5 Å². The number of aromatic amines is 1. The van der Waals surface area contributed by atoms with Crippen LogP contribution in [0, 0.1) is 6.92 Å². The first-order valence-corrected chi connectivity index (χ1v) is 5.05. The highest BCUT2D eigenvalue weighted by Crippen LogP contribution is 2.01. The van der Waals surface area contributed by atoms with Crippen LogP contribution in [0.4, 0.5) is 0 Å². The third-order valence-electron chi connectivity index (χ3n) is 2.16. The number of hydrogen-bond acceptors (Lipinski definition) is 4.